The van der Waals surface area contributed by atoms with E-state index in [4.69, 9.17) is 4.74 Å². The Morgan fingerprint density at radius 2 is 1.83 bits per heavy atom. The van der Waals surface area contributed by atoms with E-state index in [0.29, 0.717) is 5.56 Å². The van der Waals surface area contributed by atoms with Crippen LogP contribution in [-0.4, -0.2) is 24.4 Å². The molecule has 0 radical (unpaired) electrons. The highest BCUT2D eigenvalue weighted by Crippen LogP contribution is 2.26. The lowest BCUT2D eigenvalue weighted by Gasteiger charge is -2.33. The molecule has 0 aliphatic heterocycles. The molecule has 0 heterocycles. The van der Waals surface area contributed by atoms with E-state index in [1.165, 1.54) is 13.2 Å². The van der Waals surface area contributed by atoms with Crippen molar-refractivity contribution < 1.29 is 18.6 Å². The fourth-order valence-electron chi connectivity index (χ4n) is 2.10. The van der Waals surface area contributed by atoms with Crippen LogP contribution in [0, 0.1) is 17.0 Å². The first-order chi connectivity index (χ1) is 8.25. The van der Waals surface area contributed by atoms with Gasteiger partial charge in [-0.2, -0.15) is 0 Å². The predicted molar refractivity (Wildman–Crippen MR) is 66.3 cm³/mol. The van der Waals surface area contributed by atoms with Gasteiger partial charge in [-0.05, 0) is 23.1 Å². The van der Waals surface area contributed by atoms with Crippen LogP contribution in [0.25, 0.3) is 0 Å². The van der Waals surface area contributed by atoms with Crippen molar-refractivity contribution in [3.05, 3.63) is 35.4 Å². The van der Waals surface area contributed by atoms with Crippen molar-refractivity contribution in [2.75, 3.05) is 7.11 Å². The van der Waals surface area contributed by atoms with Crippen molar-refractivity contribution in [3.8, 4) is 0 Å². The molecule has 0 aliphatic rings. The summed E-state index contributed by atoms with van der Waals surface area (Å²) < 4.78 is 31.1. The molecule has 102 valence electrons. The number of hydrogen-bond acceptors (Lipinski definition) is 2. The quantitative estimate of drug-likeness (QED) is 0.899. The fraction of sp³-hybridized carbons (Fsp3) is 0.571. The number of ether oxygens (including phenoxy) is 1. The molecule has 0 aliphatic carbocycles. The minimum Gasteiger partial charge on any atom is -0.390 e. The molecule has 1 N–H and O–H groups in total. The van der Waals surface area contributed by atoms with Gasteiger partial charge < -0.3 is 9.84 Å². The minimum absolute atomic E-state index is 0.229. The summed E-state index contributed by atoms with van der Waals surface area (Å²) in [7, 11) is 1.53. The molecule has 1 aromatic carbocycles. The van der Waals surface area contributed by atoms with E-state index in [1.807, 2.05) is 20.8 Å². The van der Waals surface area contributed by atoms with Gasteiger partial charge in [-0.25, -0.2) is 8.78 Å². The van der Waals surface area contributed by atoms with Crippen molar-refractivity contribution in [2.24, 2.45) is 5.41 Å². The van der Waals surface area contributed by atoms with Crippen molar-refractivity contribution in [2.45, 2.75) is 39.4 Å². The monoisotopic (exact) mass is 258 g/mol. The van der Waals surface area contributed by atoms with Gasteiger partial charge in [0.25, 0.3) is 0 Å². The number of halogens is 2. The molecule has 1 aromatic rings. The summed E-state index contributed by atoms with van der Waals surface area (Å²) in [6.07, 6.45) is -0.905. The van der Waals surface area contributed by atoms with Crippen molar-refractivity contribution in [1.29, 1.82) is 0 Å². The normalized spacial score (nSPS) is 15.5. The molecule has 0 saturated heterocycles. The highest BCUT2D eigenvalue weighted by Gasteiger charge is 2.31. The Hall–Kier alpha value is -1.00. The third-order valence-electron chi connectivity index (χ3n) is 2.89. The Morgan fingerprint density at radius 3 is 2.28 bits per heavy atom. The van der Waals surface area contributed by atoms with Gasteiger partial charge >= 0.3 is 0 Å². The van der Waals surface area contributed by atoms with E-state index in [2.05, 4.69) is 0 Å². The topological polar surface area (TPSA) is 29.5 Å². The minimum atomic E-state index is -0.899. The molecule has 4 heteroatoms. The van der Waals surface area contributed by atoms with Gasteiger partial charge in [0.2, 0.25) is 0 Å². The van der Waals surface area contributed by atoms with Crippen molar-refractivity contribution >= 4 is 0 Å². The maximum absolute atomic E-state index is 13.1. The van der Waals surface area contributed by atoms with Crippen LogP contribution in [0.5, 0.6) is 0 Å². The van der Waals surface area contributed by atoms with Crippen LogP contribution in [0.2, 0.25) is 0 Å². The second-order valence-corrected chi connectivity index (χ2v) is 5.54. The average Bonchev–Trinajstić information content (AvgIpc) is 2.22. The Bertz CT molecular complexity index is 399. The number of hydrogen-bond donors (Lipinski definition) is 1. The zero-order valence-electron chi connectivity index (χ0n) is 11.2. The van der Waals surface area contributed by atoms with E-state index >= 15 is 0 Å². The number of rotatable bonds is 4. The molecular formula is C14H20F2O2. The van der Waals surface area contributed by atoms with E-state index in [-0.39, 0.29) is 17.9 Å². The smallest absolute Gasteiger partial charge is 0.159 e. The van der Waals surface area contributed by atoms with Crippen LogP contribution < -0.4 is 0 Å². The van der Waals surface area contributed by atoms with Gasteiger partial charge in [0, 0.05) is 13.5 Å². The Labute approximate surface area is 107 Å². The van der Waals surface area contributed by atoms with E-state index in [0.717, 1.165) is 12.1 Å². The Kier molecular flexibility index (Phi) is 4.82. The molecule has 2 atom stereocenters. The van der Waals surface area contributed by atoms with Gasteiger partial charge in [-0.15, -0.1) is 0 Å². The summed E-state index contributed by atoms with van der Waals surface area (Å²) in [6.45, 7) is 5.86. The van der Waals surface area contributed by atoms with Gasteiger partial charge in [0.05, 0.1) is 12.2 Å². The summed E-state index contributed by atoms with van der Waals surface area (Å²) in [5.74, 6) is -1.78. The van der Waals surface area contributed by atoms with Crippen LogP contribution in [0.15, 0.2) is 18.2 Å². The lowest BCUT2D eigenvalue weighted by Crippen LogP contribution is -2.40. The third-order valence-corrected chi connectivity index (χ3v) is 2.89. The van der Waals surface area contributed by atoms with Crippen molar-refractivity contribution in [1.82, 2.24) is 0 Å². The summed E-state index contributed by atoms with van der Waals surface area (Å²) in [5.41, 5.74) is 0.319. The van der Waals surface area contributed by atoms with Crippen LogP contribution in [0.3, 0.4) is 0 Å². The second-order valence-electron chi connectivity index (χ2n) is 5.54. The standard InChI is InChI=1S/C14H20F2O2/c1-14(2,3)13(18-4)12(17)8-9-5-6-10(15)11(16)7-9/h5-7,12-13,17H,8H2,1-4H3. The first kappa shape index (κ1) is 15.1. The molecule has 1 rings (SSSR count). The van der Waals surface area contributed by atoms with Gasteiger partial charge in [-0.1, -0.05) is 26.8 Å². The summed E-state index contributed by atoms with van der Waals surface area (Å²) >= 11 is 0. The molecule has 0 aromatic heterocycles. The lowest BCUT2D eigenvalue weighted by atomic mass is 9.84. The average molecular weight is 258 g/mol. The van der Waals surface area contributed by atoms with Crippen LogP contribution in [0.4, 0.5) is 8.78 Å². The third kappa shape index (κ3) is 3.75. The maximum Gasteiger partial charge on any atom is 0.159 e. The van der Waals surface area contributed by atoms with Crippen LogP contribution in [0.1, 0.15) is 26.3 Å². The van der Waals surface area contributed by atoms with E-state index in [9.17, 15) is 13.9 Å². The highest BCUT2D eigenvalue weighted by atomic mass is 19.2. The molecule has 0 fully saturated rings. The van der Waals surface area contributed by atoms with E-state index in [1.54, 1.807) is 0 Å². The maximum atomic E-state index is 13.1. The Morgan fingerprint density at radius 1 is 1.22 bits per heavy atom. The zero-order chi connectivity index (χ0) is 13.9. The highest BCUT2D eigenvalue weighted by molar-refractivity contribution is 5.18. The molecule has 2 unspecified atom stereocenters. The van der Waals surface area contributed by atoms with E-state index < -0.39 is 17.7 Å². The fourth-order valence-corrected chi connectivity index (χ4v) is 2.10. The summed E-state index contributed by atoms with van der Waals surface area (Å²) in [5, 5.41) is 10.1. The molecular weight excluding hydrogens is 238 g/mol. The first-order valence-electron chi connectivity index (χ1n) is 5.90. The first-order valence-corrected chi connectivity index (χ1v) is 5.90. The SMILES string of the molecule is COC(C(O)Cc1ccc(F)c(F)c1)C(C)(C)C. The molecule has 0 bridgehead atoms. The van der Waals surface area contributed by atoms with Crippen molar-refractivity contribution in [3.63, 3.8) is 0 Å². The molecule has 0 spiro atoms. The molecule has 2 nitrogen and oxygen atoms in total. The van der Waals surface area contributed by atoms with Gasteiger partial charge in [0.1, 0.15) is 0 Å². The number of aliphatic hydroxyl groups is 1. The lowest BCUT2D eigenvalue weighted by molar-refractivity contribution is -0.0699. The zero-order valence-corrected chi connectivity index (χ0v) is 11.2. The van der Waals surface area contributed by atoms with Crippen LogP contribution >= 0.6 is 0 Å². The second kappa shape index (κ2) is 5.76. The number of benzene rings is 1. The van der Waals surface area contributed by atoms with Gasteiger partial charge in [0.15, 0.2) is 11.6 Å². The summed E-state index contributed by atoms with van der Waals surface area (Å²) in [6, 6.07) is 3.64. The molecule has 0 amide bonds. The number of aliphatic hydroxyl groups excluding tert-OH is 1. The summed E-state index contributed by atoms with van der Waals surface area (Å²) in [4.78, 5) is 0. The number of methoxy groups -OCH3 is 1. The largest absolute Gasteiger partial charge is 0.390 e. The predicted octanol–water partition coefficient (Wildman–Crippen LogP) is 2.93. The molecule has 0 saturated carbocycles. The molecule has 18 heavy (non-hydrogen) atoms. The van der Waals surface area contributed by atoms with Crippen LogP contribution in [-0.2, 0) is 11.2 Å². The Balaban J connectivity index is 2.80. The van der Waals surface area contributed by atoms with Gasteiger partial charge in [-0.3, -0.25) is 0 Å².